The Morgan fingerprint density at radius 2 is 1.83 bits per heavy atom. The first-order valence-electron chi connectivity index (χ1n) is 7.06. The van der Waals surface area contributed by atoms with Crippen molar-refractivity contribution >= 4 is 23.7 Å². The van der Waals surface area contributed by atoms with Gasteiger partial charge in [0.25, 0.3) is 5.91 Å². The van der Waals surface area contributed by atoms with E-state index in [1.807, 2.05) is 48.7 Å². The molecule has 0 atom stereocenters. The topological polar surface area (TPSA) is 68.0 Å². The van der Waals surface area contributed by atoms with Crippen LogP contribution in [-0.4, -0.2) is 22.4 Å². The van der Waals surface area contributed by atoms with E-state index in [2.05, 4.69) is 15.5 Å². The molecule has 0 aliphatic carbocycles. The van der Waals surface area contributed by atoms with Crippen molar-refractivity contribution in [3.63, 3.8) is 0 Å². The van der Waals surface area contributed by atoms with Gasteiger partial charge < -0.3 is 4.42 Å². The summed E-state index contributed by atoms with van der Waals surface area (Å²) in [7, 11) is 0. The highest BCUT2D eigenvalue weighted by atomic mass is 32.2. The summed E-state index contributed by atoms with van der Waals surface area (Å²) in [6.45, 7) is 0. The maximum absolute atomic E-state index is 12.1. The van der Waals surface area contributed by atoms with Gasteiger partial charge in [0.05, 0.1) is 6.42 Å². The lowest BCUT2D eigenvalue weighted by molar-refractivity contribution is 0.102. The van der Waals surface area contributed by atoms with Gasteiger partial charge in [-0.2, -0.15) is 0 Å². The van der Waals surface area contributed by atoms with Gasteiger partial charge in [-0.05, 0) is 36.1 Å². The number of carbonyl (C=O) groups is 1. The van der Waals surface area contributed by atoms with E-state index in [0.29, 0.717) is 17.9 Å². The Kier molecular flexibility index (Phi) is 4.73. The lowest BCUT2D eigenvalue weighted by Gasteiger charge is -2.01. The number of hydrogen-bond donors (Lipinski definition) is 1. The highest BCUT2D eigenvalue weighted by molar-refractivity contribution is 7.98. The van der Waals surface area contributed by atoms with Crippen LogP contribution in [0.25, 0.3) is 0 Å². The van der Waals surface area contributed by atoms with E-state index in [4.69, 9.17) is 4.42 Å². The molecule has 0 bridgehead atoms. The Morgan fingerprint density at radius 3 is 2.52 bits per heavy atom. The number of anilines is 1. The highest BCUT2D eigenvalue weighted by Gasteiger charge is 2.12. The van der Waals surface area contributed by atoms with Crippen LogP contribution >= 0.6 is 11.8 Å². The second-order valence-electron chi connectivity index (χ2n) is 4.85. The first-order chi connectivity index (χ1) is 11.2. The summed E-state index contributed by atoms with van der Waals surface area (Å²) >= 11 is 1.62. The monoisotopic (exact) mass is 325 g/mol. The van der Waals surface area contributed by atoms with Crippen molar-refractivity contribution in [2.24, 2.45) is 0 Å². The average Bonchev–Trinajstić information content (AvgIpc) is 3.02. The minimum Gasteiger partial charge on any atom is -0.407 e. The van der Waals surface area contributed by atoms with Gasteiger partial charge in [-0.15, -0.1) is 16.9 Å². The van der Waals surface area contributed by atoms with E-state index in [0.717, 1.165) is 10.5 Å². The van der Waals surface area contributed by atoms with E-state index >= 15 is 0 Å². The van der Waals surface area contributed by atoms with E-state index in [9.17, 15) is 4.79 Å². The fourth-order valence-corrected chi connectivity index (χ4v) is 2.47. The molecule has 116 valence electrons. The lowest BCUT2D eigenvalue weighted by Crippen LogP contribution is -2.11. The summed E-state index contributed by atoms with van der Waals surface area (Å²) in [5.41, 5.74) is 1.62. The zero-order valence-corrected chi connectivity index (χ0v) is 13.3. The summed E-state index contributed by atoms with van der Waals surface area (Å²) in [5.74, 6) is 0.191. The normalized spacial score (nSPS) is 10.5. The van der Waals surface area contributed by atoms with Gasteiger partial charge in [0, 0.05) is 10.5 Å². The molecular weight excluding hydrogens is 310 g/mol. The van der Waals surface area contributed by atoms with E-state index < -0.39 is 0 Å². The standard InChI is InChI=1S/C17H15N3O2S/c1-23-14-9-7-13(8-10-14)16(21)18-17-20-19-15(22-17)11-12-5-3-2-4-6-12/h2-10H,11H2,1H3,(H,18,20,21). The molecule has 0 unspecified atom stereocenters. The molecule has 6 heteroatoms. The first-order valence-corrected chi connectivity index (χ1v) is 8.29. The number of carbonyl (C=O) groups excluding carboxylic acids is 1. The van der Waals surface area contributed by atoms with Crippen LogP contribution in [-0.2, 0) is 6.42 Å². The van der Waals surface area contributed by atoms with Gasteiger partial charge in [-0.3, -0.25) is 10.1 Å². The minimum atomic E-state index is -0.271. The Balaban J connectivity index is 1.65. The maximum Gasteiger partial charge on any atom is 0.322 e. The largest absolute Gasteiger partial charge is 0.407 e. The summed E-state index contributed by atoms with van der Waals surface area (Å²) in [6, 6.07) is 17.2. The zero-order valence-electron chi connectivity index (χ0n) is 12.5. The summed E-state index contributed by atoms with van der Waals surface area (Å²) in [6.07, 6.45) is 2.52. The second-order valence-corrected chi connectivity index (χ2v) is 5.73. The Bertz CT molecular complexity index is 785. The van der Waals surface area contributed by atoms with Crippen molar-refractivity contribution in [3.8, 4) is 0 Å². The van der Waals surface area contributed by atoms with E-state index in [1.165, 1.54) is 0 Å². The summed E-state index contributed by atoms with van der Waals surface area (Å²) < 4.78 is 5.47. The fraction of sp³-hybridized carbons (Fsp3) is 0.118. The quantitative estimate of drug-likeness (QED) is 0.725. The molecule has 1 N–H and O–H groups in total. The molecule has 5 nitrogen and oxygen atoms in total. The number of amides is 1. The van der Waals surface area contributed by atoms with E-state index in [1.54, 1.807) is 23.9 Å². The van der Waals surface area contributed by atoms with Gasteiger partial charge in [-0.1, -0.05) is 35.4 Å². The second kappa shape index (κ2) is 7.11. The van der Waals surface area contributed by atoms with Crippen LogP contribution < -0.4 is 5.32 Å². The predicted molar refractivity (Wildman–Crippen MR) is 89.7 cm³/mol. The number of nitrogens with zero attached hydrogens (tertiary/aromatic N) is 2. The lowest BCUT2D eigenvalue weighted by atomic mass is 10.2. The van der Waals surface area contributed by atoms with Crippen molar-refractivity contribution in [1.82, 2.24) is 10.2 Å². The van der Waals surface area contributed by atoms with Crippen LogP contribution in [0.2, 0.25) is 0 Å². The summed E-state index contributed by atoms with van der Waals surface area (Å²) in [5, 5.41) is 10.4. The molecule has 0 spiro atoms. The molecule has 0 saturated carbocycles. The Morgan fingerprint density at radius 1 is 1.09 bits per heavy atom. The molecule has 3 aromatic rings. The van der Waals surface area contributed by atoms with Gasteiger partial charge >= 0.3 is 6.01 Å². The number of hydrogen-bond acceptors (Lipinski definition) is 5. The molecule has 3 rings (SSSR count). The van der Waals surface area contributed by atoms with Crippen LogP contribution in [0.5, 0.6) is 0 Å². The third kappa shape index (κ3) is 3.98. The number of aromatic nitrogens is 2. The molecule has 0 saturated heterocycles. The molecule has 0 radical (unpaired) electrons. The van der Waals surface area contributed by atoms with Crippen molar-refractivity contribution in [1.29, 1.82) is 0 Å². The van der Waals surface area contributed by atoms with Crippen molar-refractivity contribution < 1.29 is 9.21 Å². The molecule has 0 fully saturated rings. The number of thioether (sulfide) groups is 1. The number of nitrogens with one attached hydrogen (secondary N) is 1. The molecule has 23 heavy (non-hydrogen) atoms. The van der Waals surface area contributed by atoms with Crippen LogP contribution in [0, 0.1) is 0 Å². The number of rotatable bonds is 5. The molecule has 1 heterocycles. The van der Waals surface area contributed by atoms with Gasteiger partial charge in [0.15, 0.2) is 0 Å². The molecule has 0 aliphatic heterocycles. The van der Waals surface area contributed by atoms with Crippen LogP contribution in [0.3, 0.4) is 0 Å². The first kappa shape index (κ1) is 15.3. The Labute approximate surface area is 138 Å². The fourth-order valence-electron chi connectivity index (χ4n) is 2.06. The van der Waals surface area contributed by atoms with Crippen LogP contribution in [0.15, 0.2) is 63.9 Å². The van der Waals surface area contributed by atoms with Gasteiger partial charge in [-0.25, -0.2) is 0 Å². The van der Waals surface area contributed by atoms with Crippen LogP contribution in [0.4, 0.5) is 6.01 Å². The third-order valence-corrected chi connectivity index (χ3v) is 3.98. The Hall–Kier alpha value is -2.60. The summed E-state index contributed by atoms with van der Waals surface area (Å²) in [4.78, 5) is 13.2. The number of benzene rings is 2. The molecule has 1 aromatic heterocycles. The van der Waals surface area contributed by atoms with Gasteiger partial charge in [0.2, 0.25) is 5.89 Å². The predicted octanol–water partition coefficient (Wildman–Crippen LogP) is 3.63. The maximum atomic E-state index is 12.1. The third-order valence-electron chi connectivity index (χ3n) is 3.24. The van der Waals surface area contributed by atoms with Crippen molar-refractivity contribution in [2.75, 3.05) is 11.6 Å². The van der Waals surface area contributed by atoms with Crippen LogP contribution in [0.1, 0.15) is 21.8 Å². The highest BCUT2D eigenvalue weighted by Crippen LogP contribution is 2.16. The average molecular weight is 325 g/mol. The van der Waals surface area contributed by atoms with E-state index in [-0.39, 0.29) is 11.9 Å². The zero-order chi connectivity index (χ0) is 16.1. The minimum absolute atomic E-state index is 0.106. The molecule has 1 amide bonds. The molecular formula is C17H15N3O2S. The van der Waals surface area contributed by atoms with Gasteiger partial charge in [0.1, 0.15) is 0 Å². The van der Waals surface area contributed by atoms with Crippen molar-refractivity contribution in [3.05, 3.63) is 71.6 Å². The smallest absolute Gasteiger partial charge is 0.322 e. The van der Waals surface area contributed by atoms with Crippen molar-refractivity contribution in [2.45, 2.75) is 11.3 Å². The SMILES string of the molecule is CSc1ccc(C(=O)Nc2nnc(Cc3ccccc3)o2)cc1. The molecule has 0 aliphatic rings. The molecule has 2 aromatic carbocycles.